The molecule has 7 heteroatoms. The third kappa shape index (κ3) is 4.38. The lowest BCUT2D eigenvalue weighted by Gasteiger charge is -2.10. The molecular formula is C13H17ClN2O4. The Hall–Kier alpha value is -1.82. The first-order chi connectivity index (χ1) is 9.61. The number of carbonyl (C=O) groups is 1. The van der Waals surface area contributed by atoms with Gasteiger partial charge in [0.2, 0.25) is 5.75 Å². The Bertz CT molecular complexity index is 479. The molecule has 1 aromatic carbocycles. The number of nitrogens with zero attached hydrogens (tertiary/aromatic N) is 1. The molecule has 0 atom stereocenters. The van der Waals surface area contributed by atoms with E-state index in [1.165, 1.54) is 18.2 Å². The molecule has 20 heavy (non-hydrogen) atoms. The van der Waals surface area contributed by atoms with Crippen molar-refractivity contribution in [2.75, 3.05) is 19.0 Å². The molecule has 0 saturated carbocycles. The topological polar surface area (TPSA) is 81.5 Å². The van der Waals surface area contributed by atoms with Gasteiger partial charge in [-0.3, -0.25) is 14.9 Å². The van der Waals surface area contributed by atoms with E-state index in [-0.39, 0.29) is 29.5 Å². The Labute approximate surface area is 122 Å². The highest BCUT2D eigenvalue weighted by Crippen LogP contribution is 2.30. The molecule has 110 valence electrons. The Morgan fingerprint density at radius 2 is 2.20 bits per heavy atom. The molecule has 1 N–H and O–H groups in total. The Morgan fingerprint density at radius 1 is 1.45 bits per heavy atom. The molecule has 6 nitrogen and oxygen atoms in total. The van der Waals surface area contributed by atoms with Gasteiger partial charge in [0.1, 0.15) is 0 Å². The van der Waals surface area contributed by atoms with Crippen LogP contribution in [0, 0.1) is 10.1 Å². The minimum Gasteiger partial charge on any atom is -0.487 e. The summed E-state index contributed by atoms with van der Waals surface area (Å²) in [7, 11) is 0. The molecule has 0 bridgehead atoms. The second-order valence-electron chi connectivity index (χ2n) is 4.00. The van der Waals surface area contributed by atoms with Crippen molar-refractivity contribution in [3.63, 3.8) is 0 Å². The Kier molecular flexibility index (Phi) is 6.79. The fourth-order valence-corrected chi connectivity index (χ4v) is 1.85. The number of carbonyl (C=O) groups excluding carboxylic acids is 1. The van der Waals surface area contributed by atoms with Gasteiger partial charge in [0.05, 0.1) is 17.1 Å². The van der Waals surface area contributed by atoms with Gasteiger partial charge in [-0.05, 0) is 25.8 Å². The zero-order valence-corrected chi connectivity index (χ0v) is 12.0. The van der Waals surface area contributed by atoms with Gasteiger partial charge in [0, 0.05) is 18.5 Å². The van der Waals surface area contributed by atoms with Crippen molar-refractivity contribution in [2.45, 2.75) is 19.8 Å². The van der Waals surface area contributed by atoms with Gasteiger partial charge in [0.25, 0.3) is 5.91 Å². The van der Waals surface area contributed by atoms with E-state index in [1.54, 1.807) is 6.92 Å². The maximum absolute atomic E-state index is 12.0. The van der Waals surface area contributed by atoms with E-state index in [0.29, 0.717) is 12.4 Å². The number of nitrogens with one attached hydrogen (secondary N) is 1. The summed E-state index contributed by atoms with van der Waals surface area (Å²) >= 11 is 5.55. The van der Waals surface area contributed by atoms with E-state index in [9.17, 15) is 14.9 Å². The van der Waals surface area contributed by atoms with Crippen molar-refractivity contribution in [2.24, 2.45) is 0 Å². The first-order valence-corrected chi connectivity index (χ1v) is 6.89. The summed E-state index contributed by atoms with van der Waals surface area (Å²) in [6, 6.07) is 4.29. The lowest BCUT2D eigenvalue weighted by atomic mass is 10.1. The molecule has 0 heterocycles. The van der Waals surface area contributed by atoms with E-state index in [2.05, 4.69) is 5.32 Å². The molecule has 0 saturated heterocycles. The highest BCUT2D eigenvalue weighted by Gasteiger charge is 2.22. The molecule has 1 rings (SSSR count). The van der Waals surface area contributed by atoms with Gasteiger partial charge >= 0.3 is 5.69 Å². The van der Waals surface area contributed by atoms with Crippen molar-refractivity contribution in [3.05, 3.63) is 33.9 Å². The number of para-hydroxylation sites is 1. The van der Waals surface area contributed by atoms with Crippen LogP contribution >= 0.6 is 11.6 Å². The van der Waals surface area contributed by atoms with Crippen LogP contribution in [0.1, 0.15) is 30.1 Å². The van der Waals surface area contributed by atoms with Crippen LogP contribution in [0.3, 0.4) is 0 Å². The third-order valence-corrected chi connectivity index (χ3v) is 2.84. The molecule has 0 fully saturated rings. The van der Waals surface area contributed by atoms with Crippen LogP contribution in [0.25, 0.3) is 0 Å². The largest absolute Gasteiger partial charge is 0.487 e. The molecule has 0 aliphatic carbocycles. The van der Waals surface area contributed by atoms with Gasteiger partial charge in [0.15, 0.2) is 0 Å². The van der Waals surface area contributed by atoms with Crippen LogP contribution in [-0.4, -0.2) is 29.9 Å². The van der Waals surface area contributed by atoms with Crippen LogP contribution in [0.15, 0.2) is 18.2 Å². The second kappa shape index (κ2) is 8.37. The van der Waals surface area contributed by atoms with Gasteiger partial charge in [-0.15, -0.1) is 11.6 Å². The van der Waals surface area contributed by atoms with Crippen LogP contribution in [0.5, 0.6) is 5.75 Å². The maximum atomic E-state index is 12.0. The number of alkyl halides is 1. The molecule has 0 aromatic heterocycles. The molecule has 0 radical (unpaired) electrons. The number of halogens is 1. The lowest BCUT2D eigenvalue weighted by Crippen LogP contribution is -2.25. The highest BCUT2D eigenvalue weighted by molar-refractivity contribution is 6.17. The first-order valence-electron chi connectivity index (χ1n) is 6.36. The van der Waals surface area contributed by atoms with Crippen molar-refractivity contribution in [1.82, 2.24) is 5.32 Å². The number of rotatable bonds is 8. The van der Waals surface area contributed by atoms with Gasteiger partial charge in [-0.2, -0.15) is 0 Å². The number of hydrogen-bond donors (Lipinski definition) is 1. The molecule has 0 unspecified atom stereocenters. The minimum atomic E-state index is -0.560. The summed E-state index contributed by atoms with van der Waals surface area (Å²) in [5.41, 5.74) is -0.0350. The van der Waals surface area contributed by atoms with Crippen LogP contribution < -0.4 is 10.1 Å². The summed E-state index contributed by atoms with van der Waals surface area (Å²) < 4.78 is 5.25. The number of hydrogen-bond acceptors (Lipinski definition) is 4. The summed E-state index contributed by atoms with van der Waals surface area (Å²) in [5, 5.41) is 13.6. The van der Waals surface area contributed by atoms with Crippen molar-refractivity contribution < 1.29 is 14.5 Å². The van der Waals surface area contributed by atoms with Crippen LogP contribution in [-0.2, 0) is 0 Å². The van der Waals surface area contributed by atoms with Gasteiger partial charge < -0.3 is 10.1 Å². The lowest BCUT2D eigenvalue weighted by molar-refractivity contribution is -0.385. The third-order valence-electron chi connectivity index (χ3n) is 2.57. The van der Waals surface area contributed by atoms with E-state index in [0.717, 1.165) is 12.8 Å². The monoisotopic (exact) mass is 300 g/mol. The smallest absolute Gasteiger partial charge is 0.311 e. The van der Waals surface area contributed by atoms with Crippen molar-refractivity contribution in [3.8, 4) is 5.75 Å². The average molecular weight is 301 g/mol. The van der Waals surface area contributed by atoms with E-state index < -0.39 is 4.92 Å². The van der Waals surface area contributed by atoms with E-state index >= 15 is 0 Å². The first kappa shape index (κ1) is 16.2. The number of nitro groups is 1. The van der Waals surface area contributed by atoms with Gasteiger partial charge in [-0.25, -0.2) is 0 Å². The summed E-state index contributed by atoms with van der Waals surface area (Å²) in [4.78, 5) is 22.4. The summed E-state index contributed by atoms with van der Waals surface area (Å²) in [5.74, 6) is 0.165. The van der Waals surface area contributed by atoms with Crippen LogP contribution in [0.4, 0.5) is 5.69 Å². The summed E-state index contributed by atoms with van der Waals surface area (Å²) in [6.07, 6.45) is 1.56. The number of ether oxygens (including phenoxy) is 1. The van der Waals surface area contributed by atoms with Crippen molar-refractivity contribution in [1.29, 1.82) is 0 Å². The zero-order chi connectivity index (χ0) is 15.0. The number of amides is 1. The zero-order valence-electron chi connectivity index (χ0n) is 11.2. The number of unbranched alkanes of at least 4 members (excludes halogenated alkanes) is 1. The molecule has 1 amide bonds. The fourth-order valence-electron chi connectivity index (χ4n) is 1.66. The van der Waals surface area contributed by atoms with Gasteiger partial charge in [-0.1, -0.05) is 6.07 Å². The van der Waals surface area contributed by atoms with E-state index in [1.807, 2.05) is 0 Å². The second-order valence-corrected chi connectivity index (χ2v) is 4.37. The molecule has 1 aromatic rings. The highest BCUT2D eigenvalue weighted by atomic mass is 35.5. The molecule has 0 spiro atoms. The SMILES string of the molecule is CCOc1c(C(=O)NCCCCCl)cccc1[N+](=O)[O-]. The van der Waals surface area contributed by atoms with Crippen molar-refractivity contribution >= 4 is 23.2 Å². The molecular weight excluding hydrogens is 284 g/mol. The Balaban J connectivity index is 2.89. The predicted octanol–water partition coefficient (Wildman–Crippen LogP) is 2.74. The van der Waals surface area contributed by atoms with Crippen LogP contribution in [0.2, 0.25) is 0 Å². The number of benzene rings is 1. The molecule has 0 aliphatic heterocycles. The average Bonchev–Trinajstić information content (AvgIpc) is 2.43. The van der Waals surface area contributed by atoms with E-state index in [4.69, 9.17) is 16.3 Å². The minimum absolute atomic E-state index is 0.00911. The Morgan fingerprint density at radius 3 is 2.80 bits per heavy atom. The summed E-state index contributed by atoms with van der Waals surface area (Å²) in [6.45, 7) is 2.43. The normalized spacial score (nSPS) is 10.1. The number of nitro benzene ring substituents is 1. The molecule has 0 aliphatic rings. The standard InChI is InChI=1S/C13H17ClN2O4/c1-2-20-12-10(6-5-7-11(12)16(18)19)13(17)15-9-4-3-8-14/h5-7H,2-4,8-9H2,1H3,(H,15,17). The quantitative estimate of drug-likeness (QED) is 0.346. The predicted molar refractivity (Wildman–Crippen MR) is 76.6 cm³/mol. The maximum Gasteiger partial charge on any atom is 0.311 e. The fraction of sp³-hybridized carbons (Fsp3) is 0.462.